The summed E-state index contributed by atoms with van der Waals surface area (Å²) in [5.41, 5.74) is 1.07. The first-order valence-corrected chi connectivity index (χ1v) is 6.47. The maximum atomic E-state index is 10.7. The van der Waals surface area contributed by atoms with Crippen LogP contribution in [0.2, 0.25) is 0 Å². The van der Waals surface area contributed by atoms with Gasteiger partial charge in [-0.05, 0) is 5.56 Å². The van der Waals surface area contributed by atoms with Crippen LogP contribution in [0.25, 0.3) is 0 Å². The van der Waals surface area contributed by atoms with Crippen molar-refractivity contribution in [3.05, 3.63) is 35.9 Å². The molecule has 0 bridgehead atoms. The molecule has 0 heterocycles. The lowest BCUT2D eigenvalue weighted by molar-refractivity contribution is -0.113. The van der Waals surface area contributed by atoms with Gasteiger partial charge in [-0.2, -0.15) is 0 Å². The van der Waals surface area contributed by atoms with Gasteiger partial charge in [0.1, 0.15) is 6.29 Å². The second kappa shape index (κ2) is 6.23. The molecule has 2 nitrogen and oxygen atoms in total. The van der Waals surface area contributed by atoms with E-state index in [9.17, 15) is 9.90 Å². The minimum atomic E-state index is -0.596. The molecule has 0 aromatic heterocycles. The van der Waals surface area contributed by atoms with Crippen LogP contribution in [-0.2, 0) is 4.79 Å². The molecule has 0 fully saturated rings. The van der Waals surface area contributed by atoms with E-state index < -0.39 is 6.10 Å². The van der Waals surface area contributed by atoms with Crippen LogP contribution in [0.4, 0.5) is 0 Å². The summed E-state index contributed by atoms with van der Waals surface area (Å²) in [4.78, 5) is 10.7. The molecule has 1 N–H and O–H groups in total. The van der Waals surface area contributed by atoms with Crippen LogP contribution in [0.3, 0.4) is 0 Å². The van der Waals surface area contributed by atoms with Crippen LogP contribution in [0, 0.1) is 5.92 Å². The van der Waals surface area contributed by atoms with Gasteiger partial charge in [0, 0.05) is 10.3 Å². The summed E-state index contributed by atoms with van der Waals surface area (Å²) in [7, 11) is 0. The summed E-state index contributed by atoms with van der Waals surface area (Å²) < 4.78 is 0.652. The topological polar surface area (TPSA) is 37.3 Å². The number of aliphatic hydroxyl groups excluding tert-OH is 1. The van der Waals surface area contributed by atoms with Gasteiger partial charge in [-0.1, -0.05) is 59.8 Å². The van der Waals surface area contributed by atoms with Crippen molar-refractivity contribution in [2.75, 3.05) is 4.43 Å². The molecule has 15 heavy (non-hydrogen) atoms. The van der Waals surface area contributed by atoms with Gasteiger partial charge in [-0.25, -0.2) is 0 Å². The second-order valence-electron chi connectivity index (χ2n) is 3.64. The van der Waals surface area contributed by atoms with E-state index in [1.165, 1.54) is 0 Å². The lowest BCUT2D eigenvalue weighted by Gasteiger charge is -2.22. The first-order chi connectivity index (χ1) is 7.20. The summed E-state index contributed by atoms with van der Waals surface area (Å²) in [5.74, 6) is -0.281. The van der Waals surface area contributed by atoms with Gasteiger partial charge in [0.2, 0.25) is 0 Å². The number of carbonyl (C=O) groups excluding carboxylic acids is 1. The Bertz CT molecular complexity index is 300. The third kappa shape index (κ3) is 3.28. The van der Waals surface area contributed by atoms with Crippen LogP contribution < -0.4 is 0 Å². The standard InChI is InChI=1S/C12H15IO2/c1-9(10-5-3-2-4-6-10)12(15)11(7-13)8-14/h2-6,8-9,11-12,15H,7H2,1H3/t9-,11+,12+/m1/s1. The summed E-state index contributed by atoms with van der Waals surface area (Å²) >= 11 is 2.13. The van der Waals surface area contributed by atoms with Crippen molar-refractivity contribution < 1.29 is 9.90 Å². The molecule has 0 aliphatic heterocycles. The van der Waals surface area contributed by atoms with Crippen molar-refractivity contribution in [3.8, 4) is 0 Å². The molecule has 0 aliphatic carbocycles. The summed E-state index contributed by atoms with van der Waals surface area (Å²) in [6, 6.07) is 9.78. The minimum Gasteiger partial charge on any atom is -0.392 e. The Kier molecular flexibility index (Phi) is 5.25. The van der Waals surface area contributed by atoms with Crippen molar-refractivity contribution in [3.63, 3.8) is 0 Å². The van der Waals surface area contributed by atoms with Gasteiger partial charge in [0.05, 0.1) is 12.0 Å². The van der Waals surface area contributed by atoms with E-state index in [1.807, 2.05) is 37.3 Å². The van der Waals surface area contributed by atoms with E-state index in [4.69, 9.17) is 0 Å². The zero-order valence-electron chi connectivity index (χ0n) is 8.64. The smallest absolute Gasteiger partial charge is 0.126 e. The molecule has 0 spiro atoms. The van der Waals surface area contributed by atoms with Gasteiger partial charge in [0.15, 0.2) is 0 Å². The molecule has 1 aromatic carbocycles. The number of aliphatic hydroxyl groups is 1. The van der Waals surface area contributed by atoms with Crippen LogP contribution in [0.5, 0.6) is 0 Å². The molecule has 0 amide bonds. The van der Waals surface area contributed by atoms with E-state index in [2.05, 4.69) is 22.6 Å². The Hall–Kier alpha value is -0.420. The molecule has 0 aliphatic rings. The highest BCUT2D eigenvalue weighted by Gasteiger charge is 2.24. The first kappa shape index (κ1) is 12.6. The van der Waals surface area contributed by atoms with E-state index in [0.717, 1.165) is 11.8 Å². The first-order valence-electron chi connectivity index (χ1n) is 4.95. The van der Waals surface area contributed by atoms with Crippen molar-refractivity contribution in [1.82, 2.24) is 0 Å². The van der Waals surface area contributed by atoms with Gasteiger partial charge >= 0.3 is 0 Å². The van der Waals surface area contributed by atoms with E-state index in [0.29, 0.717) is 4.43 Å². The van der Waals surface area contributed by atoms with Gasteiger partial charge in [0.25, 0.3) is 0 Å². The number of halogens is 1. The number of hydrogen-bond acceptors (Lipinski definition) is 2. The monoisotopic (exact) mass is 318 g/mol. The Morgan fingerprint density at radius 2 is 2.00 bits per heavy atom. The number of rotatable bonds is 5. The van der Waals surface area contributed by atoms with Gasteiger partial charge < -0.3 is 9.90 Å². The van der Waals surface area contributed by atoms with E-state index in [-0.39, 0.29) is 11.8 Å². The van der Waals surface area contributed by atoms with Crippen LogP contribution >= 0.6 is 22.6 Å². The molecule has 1 rings (SSSR count). The lowest BCUT2D eigenvalue weighted by atomic mass is 9.89. The summed E-state index contributed by atoms with van der Waals surface area (Å²) in [6.07, 6.45) is 0.248. The lowest BCUT2D eigenvalue weighted by Crippen LogP contribution is -2.28. The zero-order valence-corrected chi connectivity index (χ0v) is 10.8. The van der Waals surface area contributed by atoms with Crippen LogP contribution in [-0.4, -0.2) is 21.9 Å². The Morgan fingerprint density at radius 3 is 2.47 bits per heavy atom. The predicted octanol–water partition coefficient (Wildman–Crippen LogP) is 2.40. The van der Waals surface area contributed by atoms with Gasteiger partial charge in [-0.3, -0.25) is 0 Å². The summed E-state index contributed by atoms with van der Waals surface area (Å²) in [6.45, 7) is 1.95. The Balaban J connectivity index is 2.76. The number of aldehydes is 1. The largest absolute Gasteiger partial charge is 0.392 e. The Morgan fingerprint density at radius 1 is 1.40 bits per heavy atom. The number of alkyl halides is 1. The normalized spacial score (nSPS) is 16.7. The highest BCUT2D eigenvalue weighted by Crippen LogP contribution is 2.24. The third-order valence-corrected chi connectivity index (χ3v) is 3.65. The maximum Gasteiger partial charge on any atom is 0.126 e. The minimum absolute atomic E-state index is 0.00355. The highest BCUT2D eigenvalue weighted by atomic mass is 127. The van der Waals surface area contributed by atoms with Crippen LogP contribution in [0.15, 0.2) is 30.3 Å². The van der Waals surface area contributed by atoms with E-state index >= 15 is 0 Å². The number of benzene rings is 1. The van der Waals surface area contributed by atoms with Crippen molar-refractivity contribution in [2.45, 2.75) is 18.9 Å². The predicted molar refractivity (Wildman–Crippen MR) is 69.3 cm³/mol. The molecule has 1 aromatic rings. The van der Waals surface area contributed by atoms with Crippen molar-refractivity contribution in [1.29, 1.82) is 0 Å². The molecule has 3 heteroatoms. The highest BCUT2D eigenvalue weighted by molar-refractivity contribution is 14.1. The zero-order chi connectivity index (χ0) is 11.3. The van der Waals surface area contributed by atoms with Crippen molar-refractivity contribution >= 4 is 28.9 Å². The second-order valence-corrected chi connectivity index (χ2v) is 4.52. The van der Waals surface area contributed by atoms with Crippen LogP contribution in [0.1, 0.15) is 18.4 Å². The van der Waals surface area contributed by atoms with E-state index in [1.54, 1.807) is 0 Å². The molecule has 0 radical (unpaired) electrons. The fourth-order valence-corrected chi connectivity index (χ4v) is 2.26. The molecule has 3 atom stereocenters. The average molecular weight is 318 g/mol. The van der Waals surface area contributed by atoms with Crippen molar-refractivity contribution in [2.24, 2.45) is 5.92 Å². The third-order valence-electron chi connectivity index (χ3n) is 2.63. The molecule has 0 unspecified atom stereocenters. The fraction of sp³-hybridized carbons (Fsp3) is 0.417. The quantitative estimate of drug-likeness (QED) is 0.514. The molecular formula is C12H15IO2. The average Bonchev–Trinajstić information content (AvgIpc) is 2.30. The molecular weight excluding hydrogens is 303 g/mol. The SMILES string of the molecule is C[C@H](c1ccccc1)[C@H](O)[C@H](C=O)CI. The number of carbonyl (C=O) groups is 1. The number of hydrogen-bond donors (Lipinski definition) is 1. The summed E-state index contributed by atoms with van der Waals surface area (Å²) in [5, 5.41) is 9.99. The molecule has 82 valence electrons. The van der Waals surface area contributed by atoms with Gasteiger partial charge in [-0.15, -0.1) is 0 Å². The molecule has 0 saturated carbocycles. The Labute approximate surface area is 104 Å². The molecule has 0 saturated heterocycles. The fourth-order valence-electron chi connectivity index (χ4n) is 1.53. The maximum absolute atomic E-state index is 10.7.